The van der Waals surface area contributed by atoms with E-state index in [1.54, 1.807) is 33.8 Å². The van der Waals surface area contributed by atoms with Gasteiger partial charge >= 0.3 is 5.97 Å². The highest BCUT2D eigenvalue weighted by Gasteiger charge is 2.64. The van der Waals surface area contributed by atoms with E-state index in [9.17, 15) is 44.3 Å². The molecule has 0 radical (unpaired) electrons. The third kappa shape index (κ3) is 7.54. The number of hydrogen-bond acceptors (Lipinski definition) is 11. The Balaban J connectivity index is 1.57. The lowest BCUT2D eigenvalue weighted by atomic mass is 9.95. The SMILES string of the molecule is CC(C)NC(=O)CC(NSc1ccccc1[N+](=O)[O-])C(=O)NC(C(=O)N[C@@H]1C(=O)N2[C@@H]1SC(C)(C)[C@@H]2C(=O)O)c1ccc(O)cc1. The number of hydrogen-bond donors (Lipinski definition) is 6. The third-order valence-corrected chi connectivity index (χ3v) is 9.82. The van der Waals surface area contributed by atoms with Gasteiger partial charge in [-0.3, -0.25) is 29.3 Å². The molecule has 0 spiro atoms. The number of nitrogens with one attached hydrogen (secondary N) is 4. The van der Waals surface area contributed by atoms with Crippen LogP contribution in [0.1, 0.15) is 45.7 Å². The standard InChI is InChI=1S/C29H34N6O9S2/c1-14(2)30-20(37)13-17(33-46-19-8-6-5-7-18(19)35(43)44)24(38)31-21(15-9-11-16(36)12-10-15)25(39)32-22-26(40)34-23(28(41)42)29(3,4)45-27(22)34/h5-12,14,17,21-23,27,33,36H,13H2,1-4H3,(H,30,37)(H,31,38)(H,32,39)(H,41,42)/t17?,21?,22-,23+,27-/m1/s1. The monoisotopic (exact) mass is 674 g/mol. The fourth-order valence-corrected chi connectivity index (χ4v) is 7.65. The number of carbonyl (C=O) groups is 5. The quantitative estimate of drug-likeness (QED) is 0.0773. The summed E-state index contributed by atoms with van der Waals surface area (Å²) in [6.45, 7) is 6.87. The van der Waals surface area contributed by atoms with E-state index in [1.807, 2.05) is 0 Å². The number of rotatable bonds is 13. The van der Waals surface area contributed by atoms with E-state index in [1.165, 1.54) is 59.1 Å². The van der Waals surface area contributed by atoms with Crippen LogP contribution in [0, 0.1) is 10.1 Å². The fraction of sp³-hybridized carbons (Fsp3) is 0.414. The van der Waals surface area contributed by atoms with Gasteiger partial charge in [-0.2, -0.15) is 0 Å². The first kappa shape index (κ1) is 34.5. The van der Waals surface area contributed by atoms with Gasteiger partial charge in [-0.15, -0.1) is 11.8 Å². The van der Waals surface area contributed by atoms with Gasteiger partial charge in [0.15, 0.2) is 0 Å². The lowest BCUT2D eigenvalue weighted by Gasteiger charge is -2.44. The summed E-state index contributed by atoms with van der Waals surface area (Å²) in [5.74, 6) is -3.93. The Bertz CT molecular complexity index is 1540. The highest BCUT2D eigenvalue weighted by Crippen LogP contribution is 2.50. The van der Waals surface area contributed by atoms with Gasteiger partial charge in [-0.25, -0.2) is 9.52 Å². The van der Waals surface area contributed by atoms with Crippen molar-refractivity contribution in [3.8, 4) is 5.75 Å². The van der Waals surface area contributed by atoms with E-state index < -0.39 is 68.8 Å². The molecule has 2 fully saturated rings. The van der Waals surface area contributed by atoms with Gasteiger partial charge in [-0.1, -0.05) is 24.3 Å². The van der Waals surface area contributed by atoms with Crippen LogP contribution in [-0.4, -0.2) is 83.9 Å². The predicted molar refractivity (Wildman–Crippen MR) is 168 cm³/mol. The first-order valence-electron chi connectivity index (χ1n) is 14.2. The summed E-state index contributed by atoms with van der Waals surface area (Å²) in [5, 5.41) is 38.3. The topological polar surface area (TPSA) is 220 Å². The maximum atomic E-state index is 13.7. The predicted octanol–water partition coefficient (Wildman–Crippen LogP) is 1.67. The number of benzene rings is 2. The number of nitrogens with zero attached hydrogens (tertiary/aromatic N) is 2. The molecular weight excluding hydrogens is 640 g/mol. The second-order valence-corrected chi connectivity index (χ2v) is 14.2. The van der Waals surface area contributed by atoms with Gasteiger partial charge in [0.2, 0.25) is 23.6 Å². The molecule has 246 valence electrons. The summed E-state index contributed by atoms with van der Waals surface area (Å²) in [4.78, 5) is 77.3. The van der Waals surface area contributed by atoms with Crippen molar-refractivity contribution >= 4 is 59.0 Å². The van der Waals surface area contributed by atoms with Crippen LogP contribution in [0.3, 0.4) is 0 Å². The highest BCUT2D eigenvalue weighted by atomic mass is 32.2. The molecule has 4 rings (SSSR count). The molecule has 15 nitrogen and oxygen atoms in total. The lowest BCUT2D eigenvalue weighted by molar-refractivity contribution is -0.387. The second kappa shape index (κ2) is 14.0. The molecule has 0 bridgehead atoms. The number of phenolic OH excluding ortho intramolecular Hbond substituents is 1. The van der Waals surface area contributed by atoms with Crippen molar-refractivity contribution in [1.82, 2.24) is 25.6 Å². The minimum absolute atomic E-state index is 0.103. The zero-order valence-electron chi connectivity index (χ0n) is 25.3. The summed E-state index contributed by atoms with van der Waals surface area (Å²) in [7, 11) is 0. The van der Waals surface area contributed by atoms with Crippen molar-refractivity contribution in [2.75, 3.05) is 0 Å². The molecule has 2 saturated heterocycles. The number of phenols is 1. The smallest absolute Gasteiger partial charge is 0.327 e. The molecule has 0 aromatic heterocycles. The summed E-state index contributed by atoms with van der Waals surface area (Å²) in [6.07, 6.45) is -0.387. The van der Waals surface area contributed by atoms with Gasteiger partial charge in [0.25, 0.3) is 5.69 Å². The summed E-state index contributed by atoms with van der Waals surface area (Å²) in [5.41, 5.74) is 0.0243. The molecule has 2 heterocycles. The molecule has 2 aliphatic rings. The van der Waals surface area contributed by atoms with Crippen molar-refractivity contribution in [2.45, 2.75) is 79.3 Å². The number of fused-ring (bicyclic) bond motifs is 1. The normalized spacial score (nSPS) is 21.0. The molecule has 46 heavy (non-hydrogen) atoms. The van der Waals surface area contributed by atoms with E-state index in [4.69, 9.17) is 0 Å². The van der Waals surface area contributed by atoms with Crippen LogP contribution in [0.15, 0.2) is 53.4 Å². The van der Waals surface area contributed by atoms with Crippen LogP contribution in [0.4, 0.5) is 5.69 Å². The molecule has 5 atom stereocenters. The summed E-state index contributed by atoms with van der Waals surface area (Å²) >= 11 is 2.01. The van der Waals surface area contributed by atoms with Crippen molar-refractivity contribution in [3.63, 3.8) is 0 Å². The molecule has 0 aliphatic carbocycles. The molecule has 2 unspecified atom stereocenters. The number of nitro benzene ring substituents is 1. The van der Waals surface area contributed by atoms with E-state index in [-0.39, 0.29) is 34.4 Å². The number of aliphatic carboxylic acids is 1. The van der Waals surface area contributed by atoms with Crippen molar-refractivity contribution < 1.29 is 39.1 Å². The average Bonchev–Trinajstić information content (AvgIpc) is 3.24. The molecule has 2 aromatic carbocycles. The van der Waals surface area contributed by atoms with Crippen molar-refractivity contribution in [2.24, 2.45) is 0 Å². The molecular formula is C29H34N6O9S2. The third-order valence-electron chi connectivity index (χ3n) is 7.28. The summed E-state index contributed by atoms with van der Waals surface area (Å²) in [6, 6.07) is 6.18. The average molecular weight is 675 g/mol. The van der Waals surface area contributed by atoms with E-state index >= 15 is 0 Å². The number of para-hydroxylation sites is 1. The number of carboxylic acids is 1. The number of β-lactam (4-membered cyclic amide) rings is 1. The first-order valence-corrected chi connectivity index (χ1v) is 15.9. The number of amides is 4. The van der Waals surface area contributed by atoms with Crippen molar-refractivity contribution in [3.05, 3.63) is 64.2 Å². The van der Waals surface area contributed by atoms with E-state index in [2.05, 4.69) is 20.7 Å². The highest BCUT2D eigenvalue weighted by molar-refractivity contribution is 8.01. The maximum Gasteiger partial charge on any atom is 0.327 e. The van der Waals surface area contributed by atoms with Crippen LogP contribution >= 0.6 is 23.7 Å². The second-order valence-electron chi connectivity index (χ2n) is 11.5. The van der Waals surface area contributed by atoms with E-state index in [0.717, 1.165) is 11.9 Å². The number of carbonyl (C=O) groups excluding carboxylic acids is 4. The number of nitro groups is 1. The van der Waals surface area contributed by atoms with Crippen LogP contribution in [0.5, 0.6) is 5.75 Å². The Morgan fingerprint density at radius 1 is 1.07 bits per heavy atom. The lowest BCUT2D eigenvalue weighted by Crippen LogP contribution is -2.71. The van der Waals surface area contributed by atoms with E-state index in [0.29, 0.717) is 0 Å². The van der Waals surface area contributed by atoms with Crippen LogP contribution < -0.4 is 20.7 Å². The molecule has 4 amide bonds. The van der Waals surface area contributed by atoms with Crippen LogP contribution in [-0.2, 0) is 24.0 Å². The Morgan fingerprint density at radius 2 is 1.72 bits per heavy atom. The molecule has 17 heteroatoms. The number of aromatic hydroxyl groups is 1. The van der Waals surface area contributed by atoms with Gasteiger partial charge in [-0.05, 0) is 63.4 Å². The van der Waals surface area contributed by atoms with Crippen LogP contribution in [0.25, 0.3) is 0 Å². The number of carboxylic acid groups (broad SMARTS) is 1. The van der Waals surface area contributed by atoms with Gasteiger partial charge in [0, 0.05) is 16.9 Å². The number of thioether (sulfide) groups is 1. The molecule has 6 N–H and O–H groups in total. The Morgan fingerprint density at radius 3 is 2.33 bits per heavy atom. The summed E-state index contributed by atoms with van der Waals surface area (Å²) < 4.78 is 1.99. The maximum absolute atomic E-state index is 13.7. The molecule has 0 saturated carbocycles. The largest absolute Gasteiger partial charge is 0.508 e. The Labute approximate surface area is 272 Å². The van der Waals surface area contributed by atoms with Crippen LogP contribution in [0.2, 0.25) is 0 Å². The molecule has 2 aromatic rings. The Kier molecular flexibility index (Phi) is 10.5. The van der Waals surface area contributed by atoms with Crippen molar-refractivity contribution in [1.29, 1.82) is 0 Å². The fourth-order valence-electron chi connectivity index (χ4n) is 5.17. The Hall–Kier alpha value is -4.35. The van der Waals surface area contributed by atoms with Gasteiger partial charge in [0.05, 0.1) is 11.3 Å². The zero-order chi connectivity index (χ0) is 33.9. The van der Waals surface area contributed by atoms with Gasteiger partial charge in [0.1, 0.15) is 40.2 Å². The minimum Gasteiger partial charge on any atom is -0.508 e. The zero-order valence-corrected chi connectivity index (χ0v) is 26.9. The van der Waals surface area contributed by atoms with Gasteiger partial charge < -0.3 is 31.1 Å². The first-order chi connectivity index (χ1) is 21.6. The molecule has 2 aliphatic heterocycles. The minimum atomic E-state index is -1.40.